The van der Waals surface area contributed by atoms with Crippen molar-refractivity contribution in [2.75, 3.05) is 19.6 Å². The third-order valence-electron chi connectivity index (χ3n) is 2.80. The Morgan fingerprint density at radius 3 is 2.61 bits per heavy atom. The molecule has 5 nitrogen and oxygen atoms in total. The van der Waals surface area contributed by atoms with Gasteiger partial charge in [0.15, 0.2) is 5.78 Å². The molecule has 0 bridgehead atoms. The molecular formula is C13H21N3O2. The van der Waals surface area contributed by atoms with Crippen LogP contribution >= 0.6 is 0 Å². The van der Waals surface area contributed by atoms with E-state index < -0.39 is 5.91 Å². The molecule has 100 valence electrons. The summed E-state index contributed by atoms with van der Waals surface area (Å²) in [5.74, 6) is -0.384. The highest BCUT2D eigenvalue weighted by molar-refractivity contribution is 5.96. The van der Waals surface area contributed by atoms with Gasteiger partial charge in [0.1, 0.15) is 0 Å². The van der Waals surface area contributed by atoms with Gasteiger partial charge in [-0.2, -0.15) is 0 Å². The number of aryl methyl sites for hydroxylation is 1. The van der Waals surface area contributed by atoms with Gasteiger partial charge in [0.25, 0.3) is 0 Å². The molecule has 0 saturated carbocycles. The SMILES string of the molecule is CCCCN(CC(N)=O)CC(=O)c1cccn1C. The lowest BCUT2D eigenvalue weighted by Crippen LogP contribution is -2.38. The fourth-order valence-electron chi connectivity index (χ4n) is 1.85. The molecule has 5 heteroatoms. The Hall–Kier alpha value is -1.62. The fraction of sp³-hybridized carbons (Fsp3) is 0.538. The van der Waals surface area contributed by atoms with Gasteiger partial charge in [0.2, 0.25) is 5.91 Å². The number of rotatable bonds is 8. The van der Waals surface area contributed by atoms with Gasteiger partial charge in [-0.1, -0.05) is 13.3 Å². The minimum absolute atomic E-state index is 0.0138. The van der Waals surface area contributed by atoms with Crippen molar-refractivity contribution in [2.45, 2.75) is 19.8 Å². The van der Waals surface area contributed by atoms with Crippen LogP contribution in [0.1, 0.15) is 30.3 Å². The van der Waals surface area contributed by atoms with Gasteiger partial charge in [-0.25, -0.2) is 0 Å². The zero-order valence-corrected chi connectivity index (χ0v) is 11.1. The zero-order valence-electron chi connectivity index (χ0n) is 11.1. The van der Waals surface area contributed by atoms with Crippen LogP contribution in [0.3, 0.4) is 0 Å². The van der Waals surface area contributed by atoms with E-state index in [2.05, 4.69) is 6.92 Å². The number of amides is 1. The summed E-state index contributed by atoms with van der Waals surface area (Å²) in [6.07, 6.45) is 3.80. The maximum absolute atomic E-state index is 12.1. The van der Waals surface area contributed by atoms with Crippen molar-refractivity contribution in [1.82, 2.24) is 9.47 Å². The van der Waals surface area contributed by atoms with Crippen molar-refractivity contribution in [2.24, 2.45) is 12.8 Å². The fourth-order valence-corrected chi connectivity index (χ4v) is 1.85. The average Bonchev–Trinajstić information content (AvgIpc) is 2.71. The first-order valence-electron chi connectivity index (χ1n) is 6.19. The third-order valence-corrected chi connectivity index (χ3v) is 2.80. The molecule has 0 saturated heterocycles. The first-order valence-corrected chi connectivity index (χ1v) is 6.19. The number of ketones is 1. The molecule has 18 heavy (non-hydrogen) atoms. The number of carbonyl (C=O) groups excluding carboxylic acids is 2. The molecule has 1 heterocycles. The van der Waals surface area contributed by atoms with Crippen molar-refractivity contribution in [1.29, 1.82) is 0 Å². The summed E-state index contributed by atoms with van der Waals surface area (Å²) in [5.41, 5.74) is 5.85. The van der Waals surface area contributed by atoms with Crippen LogP contribution in [0.4, 0.5) is 0 Å². The molecule has 0 spiro atoms. The quantitative estimate of drug-likeness (QED) is 0.695. The van der Waals surface area contributed by atoms with Crippen LogP contribution in [0, 0.1) is 0 Å². The molecule has 1 aromatic rings. The van der Waals surface area contributed by atoms with Gasteiger partial charge >= 0.3 is 0 Å². The van der Waals surface area contributed by atoms with E-state index >= 15 is 0 Å². The highest BCUT2D eigenvalue weighted by atomic mass is 16.1. The molecule has 1 amide bonds. The summed E-state index contributed by atoms with van der Waals surface area (Å²) in [6, 6.07) is 3.61. The number of nitrogens with zero attached hydrogens (tertiary/aromatic N) is 2. The number of aromatic nitrogens is 1. The van der Waals surface area contributed by atoms with Crippen LogP contribution in [-0.2, 0) is 11.8 Å². The molecule has 0 unspecified atom stereocenters. The number of nitrogens with two attached hydrogens (primary N) is 1. The van der Waals surface area contributed by atoms with Crippen LogP contribution in [0.5, 0.6) is 0 Å². The summed E-state index contributed by atoms with van der Waals surface area (Å²) in [6.45, 7) is 3.16. The van der Waals surface area contributed by atoms with Gasteiger partial charge in [-0.05, 0) is 25.1 Å². The van der Waals surface area contributed by atoms with E-state index in [0.717, 1.165) is 19.4 Å². The highest BCUT2D eigenvalue weighted by Gasteiger charge is 2.15. The maximum Gasteiger partial charge on any atom is 0.231 e. The minimum Gasteiger partial charge on any atom is -0.369 e. The summed E-state index contributed by atoms with van der Waals surface area (Å²) >= 11 is 0. The first-order chi connectivity index (χ1) is 8.54. The topological polar surface area (TPSA) is 68.3 Å². The lowest BCUT2D eigenvalue weighted by atomic mass is 10.2. The summed E-state index contributed by atoms with van der Waals surface area (Å²) in [5, 5.41) is 0. The normalized spacial score (nSPS) is 10.8. The van der Waals surface area contributed by atoms with Crippen molar-refractivity contribution >= 4 is 11.7 Å². The Kier molecular flexibility index (Phi) is 5.58. The number of unbranched alkanes of at least 4 members (excludes halogenated alkanes) is 1. The predicted octanol–water partition coefficient (Wildman–Crippen LogP) is 0.795. The minimum atomic E-state index is -0.397. The Morgan fingerprint density at radius 2 is 2.11 bits per heavy atom. The van der Waals surface area contributed by atoms with Gasteiger partial charge < -0.3 is 10.3 Å². The van der Waals surface area contributed by atoms with Crippen LogP contribution in [-0.4, -0.2) is 40.8 Å². The number of primary amides is 1. The third kappa shape index (κ3) is 4.33. The molecule has 0 aliphatic carbocycles. The second kappa shape index (κ2) is 6.96. The van der Waals surface area contributed by atoms with Gasteiger partial charge in [-0.3, -0.25) is 14.5 Å². The maximum atomic E-state index is 12.1. The molecule has 0 radical (unpaired) electrons. The number of carbonyl (C=O) groups is 2. The lowest BCUT2D eigenvalue weighted by molar-refractivity contribution is -0.119. The molecule has 0 aliphatic heterocycles. The zero-order chi connectivity index (χ0) is 13.5. The summed E-state index contributed by atoms with van der Waals surface area (Å²) in [4.78, 5) is 24.8. The molecule has 1 aromatic heterocycles. The van der Waals surface area contributed by atoms with Gasteiger partial charge in [0, 0.05) is 13.2 Å². The lowest BCUT2D eigenvalue weighted by Gasteiger charge is -2.19. The van der Waals surface area contributed by atoms with E-state index in [0.29, 0.717) is 5.69 Å². The van der Waals surface area contributed by atoms with Crippen LogP contribution < -0.4 is 5.73 Å². The second-order valence-electron chi connectivity index (χ2n) is 4.46. The largest absolute Gasteiger partial charge is 0.369 e. The summed E-state index contributed by atoms with van der Waals surface area (Å²) in [7, 11) is 1.83. The van der Waals surface area contributed by atoms with Crippen molar-refractivity contribution in [3.63, 3.8) is 0 Å². The number of hydrogen-bond donors (Lipinski definition) is 1. The van der Waals surface area contributed by atoms with Gasteiger partial charge in [0.05, 0.1) is 18.8 Å². The van der Waals surface area contributed by atoms with Crippen molar-refractivity contribution in [3.05, 3.63) is 24.0 Å². The molecule has 2 N–H and O–H groups in total. The molecule has 0 aromatic carbocycles. The van der Waals surface area contributed by atoms with E-state index in [1.165, 1.54) is 0 Å². The predicted molar refractivity (Wildman–Crippen MR) is 70.3 cm³/mol. The smallest absolute Gasteiger partial charge is 0.231 e. The van der Waals surface area contributed by atoms with E-state index in [1.807, 2.05) is 19.3 Å². The Labute approximate surface area is 108 Å². The monoisotopic (exact) mass is 251 g/mol. The first kappa shape index (κ1) is 14.4. The molecule has 0 fully saturated rings. The second-order valence-corrected chi connectivity index (χ2v) is 4.46. The standard InChI is InChI=1S/C13H21N3O2/c1-3-4-8-16(10-13(14)18)9-12(17)11-6-5-7-15(11)2/h5-7H,3-4,8-10H2,1-2H3,(H2,14,18). The molecule has 0 atom stereocenters. The van der Waals surface area contributed by atoms with Crippen LogP contribution in [0.2, 0.25) is 0 Å². The molecule has 0 aliphatic rings. The average molecular weight is 251 g/mol. The molecule has 1 rings (SSSR count). The summed E-state index contributed by atoms with van der Waals surface area (Å²) < 4.78 is 1.78. The Bertz CT molecular complexity index is 412. The Morgan fingerprint density at radius 1 is 1.39 bits per heavy atom. The van der Waals surface area contributed by atoms with Crippen LogP contribution in [0.25, 0.3) is 0 Å². The highest BCUT2D eigenvalue weighted by Crippen LogP contribution is 2.04. The van der Waals surface area contributed by atoms with Crippen molar-refractivity contribution in [3.8, 4) is 0 Å². The van der Waals surface area contributed by atoms with E-state index in [9.17, 15) is 9.59 Å². The van der Waals surface area contributed by atoms with Crippen molar-refractivity contribution < 1.29 is 9.59 Å². The number of hydrogen-bond acceptors (Lipinski definition) is 3. The Balaban J connectivity index is 2.62. The number of Topliss-reactive ketones (excluding diaryl/α,β-unsaturated/α-hetero) is 1. The van der Waals surface area contributed by atoms with E-state index in [-0.39, 0.29) is 18.9 Å². The van der Waals surface area contributed by atoms with E-state index in [4.69, 9.17) is 5.73 Å². The van der Waals surface area contributed by atoms with Gasteiger partial charge in [-0.15, -0.1) is 0 Å². The van der Waals surface area contributed by atoms with Crippen LogP contribution in [0.15, 0.2) is 18.3 Å². The molecular weight excluding hydrogens is 230 g/mol. The van der Waals surface area contributed by atoms with E-state index in [1.54, 1.807) is 15.5 Å².